The Morgan fingerprint density at radius 1 is 1.10 bits per heavy atom. The van der Waals surface area contributed by atoms with Crippen LogP contribution in [-0.4, -0.2) is 22.5 Å². The molecule has 6 nitrogen and oxygen atoms in total. The van der Waals surface area contributed by atoms with Gasteiger partial charge < -0.3 is 15.3 Å². The molecule has 6 heteroatoms. The van der Waals surface area contributed by atoms with E-state index in [4.69, 9.17) is 15.3 Å². The van der Waals surface area contributed by atoms with E-state index in [0.29, 0.717) is 17.4 Å². The molecule has 0 aliphatic rings. The van der Waals surface area contributed by atoms with Gasteiger partial charge in [0.05, 0.1) is 16.3 Å². The van der Waals surface area contributed by atoms with Gasteiger partial charge in [-0.25, -0.2) is 0 Å². The number of benzene rings is 1. The molecule has 0 saturated heterocycles. The number of anilines is 1. The highest BCUT2D eigenvalue weighted by Gasteiger charge is 2.17. The molecule has 0 aliphatic carbocycles. The largest absolute Gasteiger partial charge is 0.437 e. The molecule has 0 spiro atoms. The Hall–Kier alpha value is -2.73. The fourth-order valence-electron chi connectivity index (χ4n) is 3.46. The molecule has 154 valence electrons. The van der Waals surface area contributed by atoms with Gasteiger partial charge >= 0.3 is 0 Å². The van der Waals surface area contributed by atoms with Crippen LogP contribution >= 0.6 is 0 Å². The van der Waals surface area contributed by atoms with Crippen molar-refractivity contribution in [2.45, 2.75) is 58.3 Å². The molecule has 0 unspecified atom stereocenters. The summed E-state index contributed by atoms with van der Waals surface area (Å²) in [5, 5.41) is 9.56. The molecule has 3 N–H and O–H groups in total. The van der Waals surface area contributed by atoms with E-state index in [9.17, 15) is 9.59 Å². The molecule has 0 aliphatic heterocycles. The van der Waals surface area contributed by atoms with E-state index >= 15 is 0 Å². The lowest BCUT2D eigenvalue weighted by Gasteiger charge is -2.09. The molecule has 3 aromatic rings. The predicted molar refractivity (Wildman–Crippen MR) is 115 cm³/mol. The van der Waals surface area contributed by atoms with E-state index in [-0.39, 0.29) is 46.2 Å². The molecule has 0 atom stereocenters. The van der Waals surface area contributed by atoms with E-state index in [2.05, 4.69) is 18.8 Å². The van der Waals surface area contributed by atoms with Crippen LogP contribution in [0.3, 0.4) is 0 Å². The van der Waals surface area contributed by atoms with Crippen molar-refractivity contribution in [1.82, 2.24) is 4.98 Å². The average Bonchev–Trinajstić information content (AvgIpc) is 2.70. The van der Waals surface area contributed by atoms with Crippen LogP contribution in [0.2, 0.25) is 0 Å². The monoisotopic (exact) mass is 396 g/mol. The summed E-state index contributed by atoms with van der Waals surface area (Å²) in [7, 11) is 0. The summed E-state index contributed by atoms with van der Waals surface area (Å²) in [5.41, 5.74) is 7.73. The zero-order valence-electron chi connectivity index (χ0n) is 17.0. The third-order valence-corrected chi connectivity index (χ3v) is 5.25. The van der Waals surface area contributed by atoms with E-state index in [0.717, 1.165) is 37.7 Å². The Morgan fingerprint density at radius 3 is 2.55 bits per heavy atom. The van der Waals surface area contributed by atoms with Gasteiger partial charge in [-0.05, 0) is 42.5 Å². The second-order valence-electron chi connectivity index (χ2n) is 7.78. The van der Waals surface area contributed by atoms with Crippen LogP contribution in [0.5, 0.6) is 0 Å². The topological polar surface area (TPSA) is 106 Å². The summed E-state index contributed by atoms with van der Waals surface area (Å²) in [4.78, 5) is 29.9. The van der Waals surface area contributed by atoms with Crippen molar-refractivity contribution in [3.63, 3.8) is 0 Å². The third-order valence-electron chi connectivity index (χ3n) is 5.25. The zero-order chi connectivity index (χ0) is 21.0. The van der Waals surface area contributed by atoms with Crippen LogP contribution in [0.1, 0.15) is 74.2 Å². The quantitative estimate of drug-likeness (QED) is 0.312. The normalized spacial score (nSPS) is 11.6. The highest BCUT2D eigenvalue weighted by Crippen LogP contribution is 2.25. The van der Waals surface area contributed by atoms with E-state index in [1.807, 2.05) is 12.1 Å². The molecule has 0 fully saturated rings. The number of Topliss-reactive ketones (excluding diaryl/α,β-unsaturated/α-hetero) is 1. The molecule has 1 aromatic carbocycles. The van der Waals surface area contributed by atoms with Crippen LogP contribution in [0, 0.1) is 0 Å². The second kappa shape index (κ2) is 9.18. The Morgan fingerprint density at radius 2 is 1.83 bits per heavy atom. The number of hydrogen-bond acceptors (Lipinski definition) is 6. The molecule has 2 heterocycles. The fraction of sp³-hybridized carbons (Fsp3) is 0.435. The van der Waals surface area contributed by atoms with Crippen LogP contribution in [0.25, 0.3) is 22.1 Å². The number of carbonyl (C=O) groups is 1. The van der Waals surface area contributed by atoms with Gasteiger partial charge in [-0.2, -0.15) is 4.98 Å². The first-order valence-electron chi connectivity index (χ1n) is 10.2. The molecular weight excluding hydrogens is 368 g/mol. The van der Waals surface area contributed by atoms with Crippen molar-refractivity contribution >= 4 is 33.7 Å². The van der Waals surface area contributed by atoms with Gasteiger partial charge in [0.1, 0.15) is 11.4 Å². The van der Waals surface area contributed by atoms with Gasteiger partial charge in [-0.3, -0.25) is 9.59 Å². The number of unbranched alkanes of at least 4 members (excludes halogenated alkanes) is 4. The maximum atomic E-state index is 13.0. The summed E-state index contributed by atoms with van der Waals surface area (Å²) in [6.45, 7) is 4.33. The number of carbonyl (C=O) groups excluding carboxylic acids is 1. The number of fused-ring (bicyclic) bond motifs is 2. The lowest BCUT2D eigenvalue weighted by atomic mass is 10.00. The molecule has 0 saturated carbocycles. The summed E-state index contributed by atoms with van der Waals surface area (Å²) in [6, 6.07) is 7.08. The van der Waals surface area contributed by atoms with E-state index < -0.39 is 0 Å². The van der Waals surface area contributed by atoms with Crippen molar-refractivity contribution in [2.75, 3.05) is 12.3 Å². The molecule has 2 aromatic heterocycles. The zero-order valence-corrected chi connectivity index (χ0v) is 17.0. The molecule has 0 amide bonds. The number of nitrogen functional groups attached to an aromatic ring is 1. The highest BCUT2D eigenvalue weighted by atomic mass is 16.3. The van der Waals surface area contributed by atoms with Gasteiger partial charge in [0.15, 0.2) is 5.78 Å². The second-order valence-corrected chi connectivity index (χ2v) is 7.78. The number of nitrogens with two attached hydrogens (primary N) is 1. The van der Waals surface area contributed by atoms with Gasteiger partial charge in [0.25, 0.3) is 0 Å². The average molecular weight is 396 g/mol. The van der Waals surface area contributed by atoms with Crippen molar-refractivity contribution in [1.29, 1.82) is 0 Å². The third kappa shape index (κ3) is 4.65. The van der Waals surface area contributed by atoms with Gasteiger partial charge in [0.2, 0.25) is 11.1 Å². The number of rotatable bonds is 9. The van der Waals surface area contributed by atoms with Crippen LogP contribution < -0.4 is 11.2 Å². The standard InChI is InChI=1S/C23H28N2O4/c1-14(2)15-9-10-20-17(12-15)21(28)18-13-16(22(24)25-23(18)29-20)19(27)8-6-4-3-5-7-11-26/h9-10,12-14,26H,3-8,11H2,1-2H3,(H2,24,25). The first-order valence-corrected chi connectivity index (χ1v) is 10.2. The van der Waals surface area contributed by atoms with Gasteiger partial charge in [-0.15, -0.1) is 0 Å². The minimum Gasteiger partial charge on any atom is -0.437 e. The number of aliphatic hydroxyl groups excluding tert-OH is 1. The Labute approximate surface area is 169 Å². The first kappa shape index (κ1) is 21.0. The summed E-state index contributed by atoms with van der Waals surface area (Å²) in [5.74, 6) is 0.257. The number of ketones is 1. The first-order chi connectivity index (χ1) is 13.9. The maximum absolute atomic E-state index is 13.0. The minimum absolute atomic E-state index is 0.0871. The predicted octanol–water partition coefficient (Wildman–Crippen LogP) is 4.56. The lowest BCUT2D eigenvalue weighted by Crippen LogP contribution is -2.10. The maximum Gasteiger partial charge on any atom is 0.232 e. The van der Waals surface area contributed by atoms with Crippen molar-refractivity contribution in [3.8, 4) is 0 Å². The minimum atomic E-state index is -0.200. The number of aromatic nitrogens is 1. The summed E-state index contributed by atoms with van der Waals surface area (Å²) < 4.78 is 5.79. The fourth-order valence-corrected chi connectivity index (χ4v) is 3.46. The summed E-state index contributed by atoms with van der Waals surface area (Å²) >= 11 is 0. The molecule has 0 bridgehead atoms. The molecule has 0 radical (unpaired) electrons. The van der Waals surface area contributed by atoms with E-state index in [1.165, 1.54) is 6.07 Å². The number of aliphatic hydroxyl groups is 1. The van der Waals surface area contributed by atoms with Gasteiger partial charge in [0, 0.05) is 13.0 Å². The van der Waals surface area contributed by atoms with Gasteiger partial charge in [-0.1, -0.05) is 39.2 Å². The van der Waals surface area contributed by atoms with Crippen molar-refractivity contribution < 1.29 is 14.3 Å². The van der Waals surface area contributed by atoms with E-state index in [1.54, 1.807) is 6.07 Å². The lowest BCUT2D eigenvalue weighted by molar-refractivity contribution is 0.0979. The molecular formula is C23H28N2O4. The Bertz CT molecular complexity index is 1090. The Kier molecular flexibility index (Phi) is 6.64. The SMILES string of the molecule is CC(C)c1ccc2oc3nc(N)c(C(=O)CCCCCCCO)cc3c(=O)c2c1. The summed E-state index contributed by atoms with van der Waals surface area (Å²) in [6.07, 6.45) is 4.73. The van der Waals surface area contributed by atoms with Crippen molar-refractivity contribution in [3.05, 3.63) is 45.6 Å². The molecule has 29 heavy (non-hydrogen) atoms. The number of hydrogen-bond donors (Lipinski definition) is 2. The number of nitrogens with zero attached hydrogens (tertiary/aromatic N) is 1. The smallest absolute Gasteiger partial charge is 0.232 e. The number of pyridine rings is 1. The van der Waals surface area contributed by atoms with Crippen LogP contribution in [-0.2, 0) is 0 Å². The molecule has 3 rings (SSSR count). The van der Waals surface area contributed by atoms with Crippen LogP contribution in [0.4, 0.5) is 5.82 Å². The Balaban J connectivity index is 1.90. The van der Waals surface area contributed by atoms with Crippen LogP contribution in [0.15, 0.2) is 33.5 Å². The van der Waals surface area contributed by atoms with Crippen molar-refractivity contribution in [2.24, 2.45) is 0 Å². The highest BCUT2D eigenvalue weighted by molar-refractivity contribution is 6.03.